The number of fused-ring (bicyclic) bond motifs is 5. The molecule has 0 heterocycles. The predicted molar refractivity (Wildman–Crippen MR) is 117 cm³/mol. The van der Waals surface area contributed by atoms with Crippen LogP contribution in [-0.2, 0) is 4.79 Å². The van der Waals surface area contributed by atoms with Crippen molar-refractivity contribution in [3.8, 4) is 0 Å². The largest absolute Gasteiger partial charge is 0.393 e. The molecule has 0 aromatic carbocycles. The number of amides is 1. The zero-order valence-corrected chi connectivity index (χ0v) is 19.4. The number of nitrogens with two attached hydrogens (primary N) is 1. The number of carbonyl (C=O) groups is 1. The molecule has 4 heteroatoms. The number of hydrogen-bond donors (Lipinski definition) is 2. The van der Waals surface area contributed by atoms with Gasteiger partial charge in [-0.15, -0.1) is 0 Å². The minimum Gasteiger partial charge on any atom is -0.393 e. The molecule has 4 rings (SSSR count). The number of carbonyl (C=O) groups excluding carboxylic acids is 1. The molecular weight excluding hydrogens is 360 g/mol. The highest BCUT2D eigenvalue weighted by atomic mass is 16.3. The van der Waals surface area contributed by atoms with Gasteiger partial charge in [0.25, 0.3) is 0 Å². The molecule has 4 nitrogen and oxygen atoms in total. The van der Waals surface area contributed by atoms with Crippen LogP contribution >= 0.6 is 0 Å². The lowest BCUT2D eigenvalue weighted by Crippen LogP contribution is -2.56. The van der Waals surface area contributed by atoms with Gasteiger partial charge in [-0.05, 0) is 112 Å². The Balaban J connectivity index is 1.50. The summed E-state index contributed by atoms with van der Waals surface area (Å²) in [5, 5.41) is 10.4. The smallest absolute Gasteiger partial charge is 0.239 e. The van der Waals surface area contributed by atoms with Crippen LogP contribution in [0.5, 0.6) is 0 Å². The Morgan fingerprint density at radius 2 is 1.66 bits per heavy atom. The van der Waals surface area contributed by atoms with Gasteiger partial charge in [0.1, 0.15) is 0 Å². The lowest BCUT2D eigenvalue weighted by atomic mass is 9.44. The van der Waals surface area contributed by atoms with Crippen LogP contribution in [-0.4, -0.2) is 41.1 Å². The maximum Gasteiger partial charge on any atom is 0.239 e. The van der Waals surface area contributed by atoms with Crippen LogP contribution in [0.15, 0.2) is 0 Å². The fourth-order valence-corrected chi connectivity index (χ4v) is 8.92. The maximum atomic E-state index is 12.4. The summed E-state index contributed by atoms with van der Waals surface area (Å²) >= 11 is 0. The van der Waals surface area contributed by atoms with Gasteiger partial charge >= 0.3 is 0 Å². The van der Waals surface area contributed by atoms with Crippen molar-refractivity contribution in [3.05, 3.63) is 0 Å². The molecule has 0 aliphatic heterocycles. The Hall–Kier alpha value is -0.610. The summed E-state index contributed by atoms with van der Waals surface area (Å²) in [5.41, 5.74) is 6.65. The average Bonchev–Trinajstić information content (AvgIpc) is 3.03. The second kappa shape index (κ2) is 7.51. The number of rotatable bonds is 3. The maximum absolute atomic E-state index is 12.4. The third-order valence-electron chi connectivity index (χ3n) is 10.6. The van der Waals surface area contributed by atoms with E-state index in [1.54, 1.807) is 6.92 Å². The summed E-state index contributed by atoms with van der Waals surface area (Å²) in [7, 11) is 1.96. The fourth-order valence-electron chi connectivity index (χ4n) is 8.92. The predicted octanol–water partition coefficient (Wildman–Crippen LogP) is 4.20. The van der Waals surface area contributed by atoms with Crippen molar-refractivity contribution in [2.45, 2.75) is 104 Å². The topological polar surface area (TPSA) is 66.6 Å². The first kappa shape index (κ1) is 21.6. The van der Waals surface area contributed by atoms with E-state index in [4.69, 9.17) is 5.73 Å². The van der Waals surface area contributed by atoms with E-state index in [0.717, 1.165) is 36.5 Å². The number of hydrogen-bond acceptors (Lipinski definition) is 3. The molecule has 29 heavy (non-hydrogen) atoms. The molecule has 0 saturated heterocycles. The summed E-state index contributed by atoms with van der Waals surface area (Å²) in [6.07, 6.45) is 11.2. The van der Waals surface area contributed by atoms with Crippen LogP contribution in [0.4, 0.5) is 0 Å². The zero-order valence-electron chi connectivity index (χ0n) is 19.4. The molecule has 3 N–H and O–H groups in total. The van der Waals surface area contributed by atoms with Crippen molar-refractivity contribution in [1.29, 1.82) is 0 Å². The van der Waals surface area contributed by atoms with Crippen molar-refractivity contribution in [2.75, 3.05) is 7.05 Å². The molecule has 0 aromatic heterocycles. The van der Waals surface area contributed by atoms with Gasteiger partial charge in [0.2, 0.25) is 5.91 Å². The number of nitrogens with zero attached hydrogens (tertiary/aromatic N) is 1. The van der Waals surface area contributed by atoms with Crippen molar-refractivity contribution >= 4 is 5.91 Å². The highest BCUT2D eigenvalue weighted by Crippen LogP contribution is 2.67. The van der Waals surface area contributed by atoms with Crippen molar-refractivity contribution in [3.63, 3.8) is 0 Å². The SMILES string of the molecule is CC(N)C(=O)N(C)C1CC[C@@]2(C)C(CC[C@H]3[C@@H]4CC[C@H]([C@H](C)O)[C@@]4(C)CC[C@@H]32)C1. The molecule has 10 atom stereocenters. The van der Waals surface area contributed by atoms with Gasteiger partial charge in [-0.3, -0.25) is 4.79 Å². The van der Waals surface area contributed by atoms with Crippen molar-refractivity contribution in [1.82, 2.24) is 4.90 Å². The summed E-state index contributed by atoms with van der Waals surface area (Å²) in [5.74, 6) is 3.81. The molecule has 0 spiro atoms. The van der Waals surface area contributed by atoms with Crippen LogP contribution < -0.4 is 5.73 Å². The fraction of sp³-hybridized carbons (Fsp3) is 0.960. The summed E-state index contributed by atoms with van der Waals surface area (Å²) in [4.78, 5) is 14.4. The third kappa shape index (κ3) is 3.28. The lowest BCUT2D eigenvalue weighted by Gasteiger charge is -2.61. The molecule has 4 saturated carbocycles. The second-order valence-electron chi connectivity index (χ2n) is 11.8. The molecule has 0 radical (unpaired) electrons. The Morgan fingerprint density at radius 1 is 1.00 bits per heavy atom. The molecule has 3 unspecified atom stereocenters. The van der Waals surface area contributed by atoms with Crippen LogP contribution in [0.1, 0.15) is 85.5 Å². The van der Waals surface area contributed by atoms with Gasteiger partial charge in [-0.25, -0.2) is 0 Å². The lowest BCUT2D eigenvalue weighted by molar-refractivity contribution is -0.142. The molecule has 0 bridgehead atoms. The van der Waals surface area contributed by atoms with E-state index in [2.05, 4.69) is 13.8 Å². The Labute approximate surface area is 178 Å². The van der Waals surface area contributed by atoms with E-state index < -0.39 is 6.04 Å². The molecule has 1 amide bonds. The van der Waals surface area contributed by atoms with Gasteiger partial charge in [-0.1, -0.05) is 13.8 Å². The van der Waals surface area contributed by atoms with Gasteiger partial charge in [0.15, 0.2) is 0 Å². The Morgan fingerprint density at radius 3 is 2.31 bits per heavy atom. The molecule has 0 aromatic rings. The van der Waals surface area contributed by atoms with E-state index >= 15 is 0 Å². The minimum absolute atomic E-state index is 0.0934. The first-order valence-corrected chi connectivity index (χ1v) is 12.3. The van der Waals surface area contributed by atoms with Crippen LogP contribution in [0.2, 0.25) is 0 Å². The van der Waals surface area contributed by atoms with E-state index in [1.807, 2.05) is 18.9 Å². The Bertz CT molecular complexity index is 634. The highest BCUT2D eigenvalue weighted by Gasteiger charge is 2.60. The van der Waals surface area contributed by atoms with E-state index in [0.29, 0.717) is 22.8 Å². The molecular formula is C25H44N2O2. The monoisotopic (exact) mass is 404 g/mol. The van der Waals surface area contributed by atoms with Gasteiger partial charge < -0.3 is 15.7 Å². The van der Waals surface area contributed by atoms with E-state index in [-0.39, 0.29) is 12.0 Å². The van der Waals surface area contributed by atoms with Crippen LogP contribution in [0.3, 0.4) is 0 Å². The molecule has 4 aliphatic carbocycles. The van der Waals surface area contributed by atoms with Crippen LogP contribution in [0, 0.1) is 40.4 Å². The van der Waals surface area contributed by atoms with E-state index in [9.17, 15) is 9.90 Å². The standard InChI is InChI=1S/C25H44N2O2/c1-15(26)23(29)27(5)18-10-12-24(3)17(14-18)6-7-19-21-9-8-20(16(2)28)25(21,4)13-11-22(19)24/h15-22,28H,6-14,26H2,1-5H3/t15?,16-,17?,18?,19-,20+,21-,22-,24-,25+/m0/s1. The number of likely N-dealkylation sites (N-methyl/N-ethyl adjacent to an activating group) is 1. The quantitative estimate of drug-likeness (QED) is 0.741. The number of aliphatic hydroxyl groups excluding tert-OH is 1. The summed E-state index contributed by atoms with van der Waals surface area (Å²) in [6, 6.07) is -0.0348. The van der Waals surface area contributed by atoms with Gasteiger partial charge in [-0.2, -0.15) is 0 Å². The minimum atomic E-state index is -0.399. The highest BCUT2D eigenvalue weighted by molar-refractivity contribution is 5.81. The Kier molecular flexibility index (Phi) is 5.60. The van der Waals surface area contributed by atoms with Crippen LogP contribution in [0.25, 0.3) is 0 Å². The third-order valence-corrected chi connectivity index (χ3v) is 10.6. The zero-order chi connectivity index (χ0) is 21.1. The number of aliphatic hydroxyl groups is 1. The first-order valence-electron chi connectivity index (χ1n) is 12.3. The summed E-state index contributed by atoms with van der Waals surface area (Å²) < 4.78 is 0. The van der Waals surface area contributed by atoms with E-state index in [1.165, 1.54) is 44.9 Å². The summed E-state index contributed by atoms with van der Waals surface area (Å²) in [6.45, 7) is 8.90. The molecule has 166 valence electrons. The second-order valence-corrected chi connectivity index (χ2v) is 11.8. The molecule has 4 aliphatic rings. The molecule has 4 fully saturated rings. The van der Waals surface area contributed by atoms with Gasteiger partial charge in [0, 0.05) is 13.1 Å². The van der Waals surface area contributed by atoms with Crippen molar-refractivity contribution in [2.24, 2.45) is 46.2 Å². The van der Waals surface area contributed by atoms with Gasteiger partial charge in [0.05, 0.1) is 12.1 Å². The normalized spacial score (nSPS) is 48.8. The first-order chi connectivity index (χ1) is 13.6. The van der Waals surface area contributed by atoms with Crippen molar-refractivity contribution < 1.29 is 9.90 Å². The average molecular weight is 405 g/mol.